The molecule has 0 aliphatic heterocycles. The number of amides is 1. The van der Waals surface area contributed by atoms with Crippen molar-refractivity contribution in [3.05, 3.63) is 59.7 Å². The first kappa shape index (κ1) is 16.0. The molecule has 0 aliphatic rings. The van der Waals surface area contributed by atoms with E-state index >= 15 is 0 Å². The highest BCUT2D eigenvalue weighted by Crippen LogP contribution is 2.21. The average Bonchev–Trinajstić information content (AvgIpc) is 2.53. The maximum absolute atomic E-state index is 12.1. The van der Waals surface area contributed by atoms with E-state index in [1.807, 2.05) is 55.5 Å². The van der Waals surface area contributed by atoms with Crippen LogP contribution in [0.1, 0.15) is 30.5 Å². The zero-order valence-electron chi connectivity index (χ0n) is 13.0. The van der Waals surface area contributed by atoms with E-state index in [1.165, 1.54) is 0 Å². The number of hydrogen-bond acceptors (Lipinski definition) is 3. The van der Waals surface area contributed by atoms with Gasteiger partial charge >= 0.3 is 0 Å². The SMILES string of the molecule is COc1ccc(CCC(=O)Nc2ccccc2C(C)N)cc1. The van der Waals surface area contributed by atoms with E-state index in [9.17, 15) is 4.79 Å². The van der Waals surface area contributed by atoms with Crippen LogP contribution < -0.4 is 15.8 Å². The van der Waals surface area contributed by atoms with Crippen molar-refractivity contribution in [2.24, 2.45) is 5.73 Å². The average molecular weight is 298 g/mol. The van der Waals surface area contributed by atoms with Gasteiger partial charge in [0, 0.05) is 18.2 Å². The molecule has 0 saturated heterocycles. The lowest BCUT2D eigenvalue weighted by atomic mass is 10.1. The van der Waals surface area contributed by atoms with Gasteiger partial charge in [-0.1, -0.05) is 30.3 Å². The smallest absolute Gasteiger partial charge is 0.224 e. The van der Waals surface area contributed by atoms with Crippen molar-refractivity contribution in [2.75, 3.05) is 12.4 Å². The lowest BCUT2D eigenvalue weighted by Gasteiger charge is -2.13. The summed E-state index contributed by atoms with van der Waals surface area (Å²) in [6.45, 7) is 1.91. The normalized spacial score (nSPS) is 11.8. The molecule has 1 atom stereocenters. The van der Waals surface area contributed by atoms with E-state index in [1.54, 1.807) is 7.11 Å². The third-order valence-corrected chi connectivity index (χ3v) is 3.53. The summed E-state index contributed by atoms with van der Waals surface area (Å²) in [5, 5.41) is 2.94. The molecule has 0 spiro atoms. The fourth-order valence-electron chi connectivity index (χ4n) is 2.27. The van der Waals surface area contributed by atoms with Crippen molar-refractivity contribution in [3.63, 3.8) is 0 Å². The minimum Gasteiger partial charge on any atom is -0.497 e. The van der Waals surface area contributed by atoms with Crippen LogP contribution in [0, 0.1) is 0 Å². The second kappa shape index (κ2) is 7.61. The molecule has 0 saturated carbocycles. The van der Waals surface area contributed by atoms with Gasteiger partial charge in [0.15, 0.2) is 0 Å². The Hall–Kier alpha value is -2.33. The van der Waals surface area contributed by atoms with Crippen LogP contribution in [0.2, 0.25) is 0 Å². The van der Waals surface area contributed by atoms with Crippen LogP contribution in [-0.2, 0) is 11.2 Å². The van der Waals surface area contributed by atoms with Crippen molar-refractivity contribution in [3.8, 4) is 5.75 Å². The number of aryl methyl sites for hydroxylation is 1. The summed E-state index contributed by atoms with van der Waals surface area (Å²) in [6, 6.07) is 15.3. The number of methoxy groups -OCH3 is 1. The van der Waals surface area contributed by atoms with Gasteiger partial charge in [-0.3, -0.25) is 4.79 Å². The first-order chi connectivity index (χ1) is 10.6. The van der Waals surface area contributed by atoms with Gasteiger partial charge in [-0.15, -0.1) is 0 Å². The molecule has 2 aromatic carbocycles. The quantitative estimate of drug-likeness (QED) is 0.860. The van der Waals surface area contributed by atoms with Crippen molar-refractivity contribution in [2.45, 2.75) is 25.8 Å². The number of para-hydroxylation sites is 1. The predicted molar refractivity (Wildman–Crippen MR) is 89.0 cm³/mol. The van der Waals surface area contributed by atoms with E-state index in [4.69, 9.17) is 10.5 Å². The van der Waals surface area contributed by atoms with Crippen molar-refractivity contribution in [1.82, 2.24) is 0 Å². The number of carbonyl (C=O) groups is 1. The van der Waals surface area contributed by atoms with Crippen molar-refractivity contribution < 1.29 is 9.53 Å². The van der Waals surface area contributed by atoms with Gasteiger partial charge in [0.25, 0.3) is 0 Å². The van der Waals surface area contributed by atoms with Gasteiger partial charge in [0.05, 0.1) is 7.11 Å². The number of benzene rings is 2. The summed E-state index contributed by atoms with van der Waals surface area (Å²) in [5.74, 6) is 0.808. The molecule has 1 amide bonds. The molecule has 0 aromatic heterocycles. The molecule has 0 bridgehead atoms. The van der Waals surface area contributed by atoms with E-state index in [2.05, 4.69) is 5.32 Å². The molecular formula is C18H22N2O2. The Bertz CT molecular complexity index is 621. The van der Waals surface area contributed by atoms with Crippen LogP contribution in [-0.4, -0.2) is 13.0 Å². The molecule has 4 heteroatoms. The third-order valence-electron chi connectivity index (χ3n) is 3.53. The van der Waals surface area contributed by atoms with Crippen LogP contribution in [0.5, 0.6) is 5.75 Å². The molecule has 116 valence electrons. The Morgan fingerprint density at radius 1 is 1.18 bits per heavy atom. The summed E-state index contributed by atoms with van der Waals surface area (Å²) < 4.78 is 5.12. The van der Waals surface area contributed by atoms with Gasteiger partial charge in [-0.25, -0.2) is 0 Å². The molecule has 2 rings (SSSR count). The molecule has 0 heterocycles. The minimum atomic E-state index is -0.113. The fourth-order valence-corrected chi connectivity index (χ4v) is 2.27. The predicted octanol–water partition coefficient (Wildman–Crippen LogP) is 3.29. The van der Waals surface area contributed by atoms with Crippen LogP contribution in [0.15, 0.2) is 48.5 Å². The van der Waals surface area contributed by atoms with E-state index in [0.717, 1.165) is 22.6 Å². The van der Waals surface area contributed by atoms with E-state index < -0.39 is 0 Å². The maximum atomic E-state index is 12.1. The number of hydrogen-bond donors (Lipinski definition) is 2. The zero-order chi connectivity index (χ0) is 15.9. The summed E-state index contributed by atoms with van der Waals surface area (Å²) in [4.78, 5) is 12.1. The first-order valence-corrected chi connectivity index (χ1v) is 7.37. The van der Waals surface area contributed by atoms with Gasteiger partial charge in [-0.2, -0.15) is 0 Å². The molecule has 22 heavy (non-hydrogen) atoms. The van der Waals surface area contributed by atoms with E-state index in [-0.39, 0.29) is 11.9 Å². The van der Waals surface area contributed by atoms with Crippen LogP contribution >= 0.6 is 0 Å². The van der Waals surface area contributed by atoms with Crippen molar-refractivity contribution in [1.29, 1.82) is 0 Å². The molecule has 0 radical (unpaired) electrons. The Morgan fingerprint density at radius 2 is 1.86 bits per heavy atom. The van der Waals surface area contributed by atoms with Gasteiger partial charge in [0.1, 0.15) is 5.75 Å². The molecule has 4 nitrogen and oxygen atoms in total. The topological polar surface area (TPSA) is 64.3 Å². The van der Waals surface area contributed by atoms with Crippen LogP contribution in [0.3, 0.4) is 0 Å². The highest BCUT2D eigenvalue weighted by atomic mass is 16.5. The molecule has 3 N–H and O–H groups in total. The van der Waals surface area contributed by atoms with Crippen LogP contribution in [0.25, 0.3) is 0 Å². The lowest BCUT2D eigenvalue weighted by Crippen LogP contribution is -2.16. The largest absolute Gasteiger partial charge is 0.497 e. The lowest BCUT2D eigenvalue weighted by molar-refractivity contribution is -0.116. The first-order valence-electron chi connectivity index (χ1n) is 7.37. The zero-order valence-corrected chi connectivity index (χ0v) is 13.0. The molecular weight excluding hydrogens is 276 g/mol. The Labute approximate surface area is 131 Å². The summed E-state index contributed by atoms with van der Waals surface area (Å²) in [7, 11) is 1.64. The number of nitrogens with one attached hydrogen (secondary N) is 1. The molecule has 0 fully saturated rings. The standard InChI is InChI=1S/C18H22N2O2/c1-13(19)16-5-3-4-6-17(16)20-18(21)12-9-14-7-10-15(22-2)11-8-14/h3-8,10-11,13H,9,12,19H2,1-2H3,(H,20,21). The number of ether oxygens (including phenoxy) is 1. The summed E-state index contributed by atoms with van der Waals surface area (Å²) in [5.41, 5.74) is 8.76. The van der Waals surface area contributed by atoms with Gasteiger partial charge in [0.2, 0.25) is 5.91 Å². The summed E-state index contributed by atoms with van der Waals surface area (Å²) in [6.07, 6.45) is 1.12. The minimum absolute atomic E-state index is 0.0103. The maximum Gasteiger partial charge on any atom is 0.224 e. The second-order valence-corrected chi connectivity index (χ2v) is 5.27. The van der Waals surface area contributed by atoms with Crippen molar-refractivity contribution >= 4 is 11.6 Å². The molecule has 2 aromatic rings. The Balaban J connectivity index is 1.93. The monoisotopic (exact) mass is 298 g/mol. The second-order valence-electron chi connectivity index (χ2n) is 5.27. The fraction of sp³-hybridized carbons (Fsp3) is 0.278. The summed E-state index contributed by atoms with van der Waals surface area (Å²) >= 11 is 0. The number of nitrogens with two attached hydrogens (primary N) is 1. The van der Waals surface area contributed by atoms with Gasteiger partial charge < -0.3 is 15.8 Å². The van der Waals surface area contributed by atoms with Crippen LogP contribution in [0.4, 0.5) is 5.69 Å². The Kier molecular flexibility index (Phi) is 5.55. The number of anilines is 1. The molecule has 1 unspecified atom stereocenters. The van der Waals surface area contributed by atoms with E-state index in [0.29, 0.717) is 12.8 Å². The highest BCUT2D eigenvalue weighted by Gasteiger charge is 2.09. The Morgan fingerprint density at radius 3 is 2.50 bits per heavy atom. The third kappa shape index (κ3) is 4.33. The number of rotatable bonds is 6. The number of carbonyl (C=O) groups excluding carboxylic acids is 1. The molecule has 0 aliphatic carbocycles. The highest BCUT2D eigenvalue weighted by molar-refractivity contribution is 5.91. The van der Waals surface area contributed by atoms with Gasteiger partial charge in [-0.05, 0) is 42.7 Å².